The van der Waals surface area contributed by atoms with Crippen molar-refractivity contribution in [2.24, 2.45) is 0 Å². The van der Waals surface area contributed by atoms with Gasteiger partial charge >= 0.3 is 0 Å². The zero-order chi connectivity index (χ0) is 24.8. The summed E-state index contributed by atoms with van der Waals surface area (Å²) in [5.41, 5.74) is 1.17. The second-order valence-corrected chi connectivity index (χ2v) is 8.35. The number of amides is 1. The molecule has 2 aliphatic heterocycles. The van der Waals surface area contributed by atoms with E-state index in [1.54, 1.807) is 54.5 Å². The first-order valence-corrected chi connectivity index (χ1v) is 11.6. The van der Waals surface area contributed by atoms with E-state index in [0.29, 0.717) is 55.5 Å². The second kappa shape index (κ2) is 11.2. The number of benzene rings is 2. The number of Topliss-reactive ketones (excluding diaryl/α,β-unsaturated/α-hetero) is 1. The molecule has 0 unspecified atom stereocenters. The van der Waals surface area contributed by atoms with Crippen molar-refractivity contribution in [3.63, 3.8) is 0 Å². The molecule has 0 radical (unpaired) electrons. The Morgan fingerprint density at radius 1 is 1.11 bits per heavy atom. The van der Waals surface area contributed by atoms with Gasteiger partial charge in [0.05, 0.1) is 31.9 Å². The monoisotopic (exact) mass is 478 g/mol. The van der Waals surface area contributed by atoms with Crippen LogP contribution in [-0.4, -0.2) is 79.7 Å². The fourth-order valence-electron chi connectivity index (χ4n) is 4.37. The second-order valence-electron chi connectivity index (χ2n) is 8.35. The Morgan fingerprint density at radius 3 is 2.54 bits per heavy atom. The number of hydrogen-bond acceptors (Lipinski definition) is 7. The van der Waals surface area contributed by atoms with Crippen molar-refractivity contribution in [1.29, 1.82) is 0 Å². The summed E-state index contributed by atoms with van der Waals surface area (Å²) in [5.74, 6) is -0.345. The van der Waals surface area contributed by atoms with Crippen molar-refractivity contribution in [3.05, 3.63) is 77.9 Å². The number of aliphatic hydroxyl groups excluding tert-OH is 1. The largest absolute Gasteiger partial charge is 0.507 e. The van der Waals surface area contributed by atoms with Crippen molar-refractivity contribution in [1.82, 2.24) is 9.80 Å². The topological polar surface area (TPSA) is 88.5 Å². The van der Waals surface area contributed by atoms with Gasteiger partial charge in [0.2, 0.25) is 0 Å². The molecular weight excluding hydrogens is 448 g/mol. The van der Waals surface area contributed by atoms with Crippen LogP contribution in [0.1, 0.15) is 17.2 Å². The van der Waals surface area contributed by atoms with Crippen LogP contribution >= 0.6 is 0 Å². The predicted molar refractivity (Wildman–Crippen MR) is 131 cm³/mol. The van der Waals surface area contributed by atoms with Crippen molar-refractivity contribution in [2.45, 2.75) is 6.04 Å². The molecule has 0 saturated carbocycles. The average molecular weight is 479 g/mol. The standard InChI is InChI=1S/C27H30N2O6/c1-3-15-35-22-6-4-5-20(18-22)24-23(25(30)19-7-9-21(33-2)10-8-19)26(31)27(32)29(24)12-11-28-13-16-34-17-14-28/h3-10,18,24,30H,1,11-17H2,2H3/t24-/m1/s1. The van der Waals surface area contributed by atoms with E-state index in [9.17, 15) is 14.7 Å². The minimum Gasteiger partial charge on any atom is -0.507 e. The van der Waals surface area contributed by atoms with Gasteiger partial charge in [0.25, 0.3) is 11.7 Å². The first-order chi connectivity index (χ1) is 17.0. The summed E-state index contributed by atoms with van der Waals surface area (Å²) < 4.78 is 16.3. The number of aliphatic hydroxyl groups is 1. The Kier molecular flexibility index (Phi) is 7.84. The number of ketones is 1. The molecular formula is C27H30N2O6. The third kappa shape index (κ3) is 5.39. The van der Waals surface area contributed by atoms with Crippen LogP contribution in [-0.2, 0) is 14.3 Å². The molecule has 2 heterocycles. The van der Waals surface area contributed by atoms with E-state index in [1.165, 1.54) is 0 Å². The molecule has 1 N–H and O–H groups in total. The van der Waals surface area contributed by atoms with E-state index in [1.807, 2.05) is 12.1 Å². The molecule has 0 aromatic heterocycles. The van der Waals surface area contributed by atoms with Gasteiger partial charge in [-0.05, 0) is 42.0 Å². The molecule has 1 amide bonds. The summed E-state index contributed by atoms with van der Waals surface area (Å²) in [6.07, 6.45) is 1.64. The van der Waals surface area contributed by atoms with Gasteiger partial charge in [-0.1, -0.05) is 24.8 Å². The number of rotatable bonds is 9. The van der Waals surface area contributed by atoms with Crippen LogP contribution in [0, 0.1) is 0 Å². The lowest BCUT2D eigenvalue weighted by Gasteiger charge is -2.31. The fourth-order valence-corrected chi connectivity index (χ4v) is 4.37. The Morgan fingerprint density at radius 2 is 1.86 bits per heavy atom. The smallest absolute Gasteiger partial charge is 0.295 e. The normalized spacial score (nSPS) is 20.1. The number of hydrogen-bond donors (Lipinski definition) is 1. The summed E-state index contributed by atoms with van der Waals surface area (Å²) in [7, 11) is 1.55. The maximum absolute atomic E-state index is 13.2. The molecule has 1 atom stereocenters. The molecule has 8 nitrogen and oxygen atoms in total. The van der Waals surface area contributed by atoms with Crippen LogP contribution in [0.4, 0.5) is 0 Å². The molecule has 8 heteroatoms. The summed E-state index contributed by atoms with van der Waals surface area (Å²) in [6.45, 7) is 7.76. The minimum absolute atomic E-state index is 0.0583. The van der Waals surface area contributed by atoms with Gasteiger partial charge in [-0.15, -0.1) is 0 Å². The molecule has 184 valence electrons. The van der Waals surface area contributed by atoms with E-state index >= 15 is 0 Å². The summed E-state index contributed by atoms with van der Waals surface area (Å²) >= 11 is 0. The van der Waals surface area contributed by atoms with E-state index < -0.39 is 17.7 Å². The number of ether oxygens (including phenoxy) is 3. The highest BCUT2D eigenvalue weighted by atomic mass is 16.5. The highest BCUT2D eigenvalue weighted by Gasteiger charge is 2.46. The van der Waals surface area contributed by atoms with E-state index in [2.05, 4.69) is 11.5 Å². The van der Waals surface area contributed by atoms with Crippen molar-refractivity contribution in [2.75, 3.05) is 53.1 Å². The number of nitrogens with zero attached hydrogens (tertiary/aromatic N) is 2. The Balaban J connectivity index is 1.73. The highest BCUT2D eigenvalue weighted by molar-refractivity contribution is 6.46. The lowest BCUT2D eigenvalue weighted by molar-refractivity contribution is -0.140. The summed E-state index contributed by atoms with van der Waals surface area (Å²) in [6, 6.07) is 13.2. The van der Waals surface area contributed by atoms with Crippen molar-refractivity contribution >= 4 is 17.4 Å². The third-order valence-electron chi connectivity index (χ3n) is 6.21. The Labute approximate surface area is 205 Å². The van der Waals surface area contributed by atoms with E-state index in [-0.39, 0.29) is 11.3 Å². The van der Waals surface area contributed by atoms with Gasteiger partial charge in [-0.3, -0.25) is 14.5 Å². The molecule has 0 spiro atoms. The molecule has 35 heavy (non-hydrogen) atoms. The molecule has 4 rings (SSSR count). The number of methoxy groups -OCH3 is 1. The quantitative estimate of drug-likeness (QED) is 0.257. The minimum atomic E-state index is -0.745. The lowest BCUT2D eigenvalue weighted by Crippen LogP contribution is -2.42. The Bertz CT molecular complexity index is 1100. The van der Waals surface area contributed by atoms with Gasteiger partial charge in [0.1, 0.15) is 23.9 Å². The van der Waals surface area contributed by atoms with Crippen LogP contribution in [0.25, 0.3) is 5.76 Å². The summed E-state index contributed by atoms with van der Waals surface area (Å²) in [4.78, 5) is 30.2. The number of carbonyl (C=O) groups excluding carboxylic acids is 2. The molecule has 2 aromatic carbocycles. The van der Waals surface area contributed by atoms with Crippen LogP contribution in [0.3, 0.4) is 0 Å². The van der Waals surface area contributed by atoms with Crippen LogP contribution in [0.5, 0.6) is 11.5 Å². The molecule has 2 saturated heterocycles. The van der Waals surface area contributed by atoms with Crippen LogP contribution in [0.15, 0.2) is 66.8 Å². The SMILES string of the molecule is C=CCOc1cccc([C@@H]2C(=C(O)c3ccc(OC)cc3)C(=O)C(=O)N2CCN2CCOCC2)c1. The maximum atomic E-state index is 13.2. The van der Waals surface area contributed by atoms with Gasteiger partial charge < -0.3 is 24.2 Å². The van der Waals surface area contributed by atoms with Gasteiger partial charge in [-0.2, -0.15) is 0 Å². The first kappa shape index (κ1) is 24.5. The lowest BCUT2D eigenvalue weighted by atomic mass is 9.95. The molecule has 0 aliphatic carbocycles. The zero-order valence-corrected chi connectivity index (χ0v) is 19.8. The van der Waals surface area contributed by atoms with Gasteiger partial charge in [0, 0.05) is 31.7 Å². The van der Waals surface area contributed by atoms with Gasteiger partial charge in [0.15, 0.2) is 0 Å². The van der Waals surface area contributed by atoms with E-state index in [4.69, 9.17) is 14.2 Å². The average Bonchev–Trinajstić information content (AvgIpc) is 3.16. The summed E-state index contributed by atoms with van der Waals surface area (Å²) in [5, 5.41) is 11.2. The zero-order valence-electron chi connectivity index (χ0n) is 19.8. The van der Waals surface area contributed by atoms with Crippen molar-refractivity contribution < 1.29 is 28.9 Å². The number of likely N-dealkylation sites (tertiary alicyclic amines) is 1. The highest BCUT2D eigenvalue weighted by Crippen LogP contribution is 2.40. The van der Waals surface area contributed by atoms with Crippen molar-refractivity contribution in [3.8, 4) is 11.5 Å². The molecule has 2 aromatic rings. The third-order valence-corrected chi connectivity index (χ3v) is 6.21. The van der Waals surface area contributed by atoms with Crippen LogP contribution in [0.2, 0.25) is 0 Å². The van der Waals surface area contributed by atoms with Crippen LogP contribution < -0.4 is 9.47 Å². The molecule has 2 aliphatic rings. The predicted octanol–water partition coefficient (Wildman–Crippen LogP) is 3.01. The van der Waals surface area contributed by atoms with Gasteiger partial charge in [-0.25, -0.2) is 0 Å². The molecule has 0 bridgehead atoms. The van der Waals surface area contributed by atoms with E-state index in [0.717, 1.165) is 13.1 Å². The molecule has 2 fully saturated rings. The number of carbonyl (C=O) groups is 2. The number of morpholine rings is 1. The fraction of sp³-hybridized carbons (Fsp3) is 0.333. The Hall–Kier alpha value is -3.62. The first-order valence-electron chi connectivity index (χ1n) is 11.6. The maximum Gasteiger partial charge on any atom is 0.295 e.